The first kappa shape index (κ1) is 18.4. The Bertz CT molecular complexity index is 753. The Hall–Kier alpha value is -1.92. The lowest BCUT2D eigenvalue weighted by Crippen LogP contribution is -2.20. The van der Waals surface area contributed by atoms with Gasteiger partial charge in [0.2, 0.25) is 0 Å². The first-order valence-corrected chi connectivity index (χ1v) is 9.12. The normalized spacial score (nSPS) is 10.3. The summed E-state index contributed by atoms with van der Waals surface area (Å²) in [5, 5.41) is 7.47. The van der Waals surface area contributed by atoms with Crippen molar-refractivity contribution < 1.29 is 9.53 Å². The van der Waals surface area contributed by atoms with Crippen molar-refractivity contribution in [2.75, 3.05) is 17.2 Å². The van der Waals surface area contributed by atoms with E-state index in [1.54, 1.807) is 6.92 Å². The maximum absolute atomic E-state index is 12.2. The van der Waals surface area contributed by atoms with Gasteiger partial charge in [-0.2, -0.15) is 0 Å². The maximum Gasteiger partial charge on any atom is 0.341 e. The summed E-state index contributed by atoms with van der Waals surface area (Å²) in [6.45, 7) is 8.16. The highest BCUT2D eigenvalue weighted by molar-refractivity contribution is 7.80. The van der Waals surface area contributed by atoms with Crippen molar-refractivity contribution >= 4 is 45.3 Å². The number of thiophene rings is 1. The smallest absolute Gasteiger partial charge is 0.341 e. The van der Waals surface area contributed by atoms with Gasteiger partial charge in [-0.25, -0.2) is 4.79 Å². The molecule has 0 spiro atoms. The van der Waals surface area contributed by atoms with Gasteiger partial charge in [0.1, 0.15) is 5.00 Å². The van der Waals surface area contributed by atoms with Gasteiger partial charge < -0.3 is 15.4 Å². The molecular weight excluding hydrogens is 340 g/mol. The number of carbonyl (C=O) groups excluding carboxylic acids is 1. The molecule has 2 N–H and O–H groups in total. The molecule has 0 atom stereocenters. The number of anilines is 2. The summed E-state index contributed by atoms with van der Waals surface area (Å²) in [5.41, 5.74) is 3.65. The van der Waals surface area contributed by atoms with Crippen molar-refractivity contribution in [1.82, 2.24) is 0 Å². The number of aryl methyl sites for hydroxylation is 2. The molecule has 0 aliphatic heterocycles. The van der Waals surface area contributed by atoms with Crippen molar-refractivity contribution in [2.24, 2.45) is 0 Å². The predicted octanol–water partition coefficient (Wildman–Crippen LogP) is 4.91. The number of nitrogens with one attached hydrogen (secondary N) is 2. The van der Waals surface area contributed by atoms with E-state index in [2.05, 4.69) is 29.7 Å². The summed E-state index contributed by atoms with van der Waals surface area (Å²) in [6.07, 6.45) is 0.964. The van der Waals surface area contributed by atoms with Crippen LogP contribution in [0.1, 0.15) is 40.2 Å². The first-order chi connectivity index (χ1) is 11.5. The third kappa shape index (κ3) is 4.33. The fraction of sp³-hybridized carbons (Fsp3) is 0.333. The highest BCUT2D eigenvalue weighted by Crippen LogP contribution is 2.33. The summed E-state index contributed by atoms with van der Waals surface area (Å²) in [5.74, 6) is -0.322. The molecule has 0 saturated carbocycles. The van der Waals surface area contributed by atoms with Crippen LogP contribution in [-0.2, 0) is 11.2 Å². The average molecular weight is 363 g/mol. The van der Waals surface area contributed by atoms with Gasteiger partial charge in [0.15, 0.2) is 5.11 Å². The van der Waals surface area contributed by atoms with Gasteiger partial charge in [-0.05, 0) is 62.7 Å². The van der Waals surface area contributed by atoms with Crippen LogP contribution in [0.2, 0.25) is 0 Å². The van der Waals surface area contributed by atoms with Crippen LogP contribution in [0.3, 0.4) is 0 Å². The number of benzene rings is 1. The molecule has 1 aromatic heterocycles. The minimum atomic E-state index is -0.322. The lowest BCUT2D eigenvalue weighted by atomic mass is 10.1. The lowest BCUT2D eigenvalue weighted by molar-refractivity contribution is 0.0527. The SMILES string of the molecule is CCOC(=O)c1c(NC(=S)Nc2cccc(CC)c2)sc(C)c1C. The van der Waals surface area contributed by atoms with Gasteiger partial charge in [0.05, 0.1) is 12.2 Å². The summed E-state index contributed by atoms with van der Waals surface area (Å²) < 4.78 is 5.16. The summed E-state index contributed by atoms with van der Waals surface area (Å²) in [6, 6.07) is 8.09. The molecule has 4 nitrogen and oxygen atoms in total. The predicted molar refractivity (Wildman–Crippen MR) is 105 cm³/mol. The van der Waals surface area contributed by atoms with E-state index < -0.39 is 0 Å². The third-order valence-electron chi connectivity index (χ3n) is 3.69. The van der Waals surface area contributed by atoms with Crippen LogP contribution in [-0.4, -0.2) is 17.7 Å². The van der Waals surface area contributed by atoms with Gasteiger partial charge in [0.25, 0.3) is 0 Å². The van der Waals surface area contributed by atoms with Gasteiger partial charge >= 0.3 is 5.97 Å². The largest absolute Gasteiger partial charge is 0.462 e. The van der Waals surface area contributed by atoms with Crippen molar-refractivity contribution in [2.45, 2.75) is 34.1 Å². The molecule has 1 heterocycles. The van der Waals surface area contributed by atoms with E-state index in [0.717, 1.165) is 22.5 Å². The van der Waals surface area contributed by atoms with E-state index >= 15 is 0 Å². The molecule has 0 aliphatic rings. The highest BCUT2D eigenvalue weighted by atomic mass is 32.1. The van der Waals surface area contributed by atoms with Gasteiger partial charge in [-0.15, -0.1) is 11.3 Å². The van der Waals surface area contributed by atoms with E-state index in [-0.39, 0.29) is 5.97 Å². The average Bonchev–Trinajstić information content (AvgIpc) is 2.81. The quantitative estimate of drug-likeness (QED) is 0.584. The fourth-order valence-electron chi connectivity index (χ4n) is 2.30. The second-order valence-electron chi connectivity index (χ2n) is 5.34. The topological polar surface area (TPSA) is 50.4 Å². The van der Waals surface area contributed by atoms with E-state index in [9.17, 15) is 4.79 Å². The molecule has 1 aromatic carbocycles. The molecule has 0 bridgehead atoms. The third-order valence-corrected chi connectivity index (χ3v) is 5.01. The first-order valence-electron chi connectivity index (χ1n) is 7.90. The zero-order valence-electron chi connectivity index (χ0n) is 14.4. The van der Waals surface area contributed by atoms with Gasteiger partial charge in [0, 0.05) is 10.6 Å². The number of carbonyl (C=O) groups is 1. The number of rotatable bonds is 5. The number of thiocarbonyl (C=S) groups is 1. The second-order valence-corrected chi connectivity index (χ2v) is 6.97. The Kier molecular flexibility index (Phi) is 6.34. The Balaban J connectivity index is 2.16. The maximum atomic E-state index is 12.2. The van der Waals surface area contributed by atoms with Crippen LogP contribution < -0.4 is 10.6 Å². The molecule has 2 aromatic rings. The molecule has 0 amide bonds. The number of ether oxygens (including phenoxy) is 1. The summed E-state index contributed by atoms with van der Waals surface area (Å²) >= 11 is 6.90. The molecule has 2 rings (SSSR count). The van der Waals surface area contributed by atoms with Crippen LogP contribution >= 0.6 is 23.6 Å². The van der Waals surface area contributed by atoms with E-state index in [4.69, 9.17) is 17.0 Å². The van der Waals surface area contributed by atoms with Crippen LogP contribution in [0.15, 0.2) is 24.3 Å². The van der Waals surface area contributed by atoms with Crippen LogP contribution in [0.25, 0.3) is 0 Å². The van der Waals surface area contributed by atoms with Crippen LogP contribution in [0.4, 0.5) is 10.7 Å². The standard InChI is InChI=1S/C18H22N2O2S2/c1-5-13-8-7-9-14(10-13)19-18(23)20-16-15(17(21)22-6-2)11(3)12(4)24-16/h7-10H,5-6H2,1-4H3,(H2,19,20,23). The molecule has 0 aliphatic carbocycles. The monoisotopic (exact) mass is 362 g/mol. The van der Waals surface area contributed by atoms with Gasteiger partial charge in [-0.1, -0.05) is 19.1 Å². The lowest BCUT2D eigenvalue weighted by Gasteiger charge is -2.12. The summed E-state index contributed by atoms with van der Waals surface area (Å²) in [4.78, 5) is 13.3. The summed E-state index contributed by atoms with van der Waals surface area (Å²) in [7, 11) is 0. The second kappa shape index (κ2) is 8.26. The van der Waals surface area contributed by atoms with Crippen LogP contribution in [0.5, 0.6) is 0 Å². The molecule has 0 radical (unpaired) electrons. The van der Waals surface area contributed by atoms with E-state index in [1.807, 2.05) is 26.0 Å². The fourth-order valence-corrected chi connectivity index (χ4v) is 3.64. The number of hydrogen-bond donors (Lipinski definition) is 2. The minimum absolute atomic E-state index is 0.322. The zero-order valence-corrected chi connectivity index (χ0v) is 16.0. The Labute approximate surface area is 152 Å². The van der Waals surface area contributed by atoms with E-state index in [0.29, 0.717) is 22.3 Å². The molecule has 0 saturated heterocycles. The zero-order chi connectivity index (χ0) is 17.7. The molecule has 0 fully saturated rings. The Morgan fingerprint density at radius 2 is 2.00 bits per heavy atom. The number of esters is 1. The van der Waals surface area contributed by atoms with Crippen molar-refractivity contribution in [1.29, 1.82) is 0 Å². The molecular formula is C18H22N2O2S2. The molecule has 24 heavy (non-hydrogen) atoms. The molecule has 6 heteroatoms. The highest BCUT2D eigenvalue weighted by Gasteiger charge is 2.21. The van der Waals surface area contributed by atoms with E-state index in [1.165, 1.54) is 16.9 Å². The molecule has 0 unspecified atom stereocenters. The molecule has 128 valence electrons. The van der Waals surface area contributed by atoms with Crippen molar-refractivity contribution in [3.05, 3.63) is 45.8 Å². The van der Waals surface area contributed by atoms with Crippen molar-refractivity contribution in [3.8, 4) is 0 Å². The van der Waals surface area contributed by atoms with Crippen LogP contribution in [0, 0.1) is 13.8 Å². The number of hydrogen-bond acceptors (Lipinski definition) is 4. The Morgan fingerprint density at radius 1 is 1.25 bits per heavy atom. The van der Waals surface area contributed by atoms with Crippen molar-refractivity contribution in [3.63, 3.8) is 0 Å². The van der Waals surface area contributed by atoms with Gasteiger partial charge in [-0.3, -0.25) is 0 Å². The Morgan fingerprint density at radius 3 is 2.67 bits per heavy atom. The minimum Gasteiger partial charge on any atom is -0.462 e.